The van der Waals surface area contributed by atoms with Crippen LogP contribution < -0.4 is 0 Å². The van der Waals surface area contributed by atoms with Crippen molar-refractivity contribution in [3.8, 4) is 0 Å². The molecule has 0 spiro atoms. The van der Waals surface area contributed by atoms with Gasteiger partial charge in [0.15, 0.2) is 0 Å². The van der Waals surface area contributed by atoms with E-state index >= 15 is 0 Å². The fourth-order valence-corrected chi connectivity index (χ4v) is 4.07. The average molecular weight is 345 g/mol. The summed E-state index contributed by atoms with van der Waals surface area (Å²) in [5, 5.41) is 11.4. The number of carboxylic acids is 1. The Bertz CT molecular complexity index is 728. The van der Waals surface area contributed by atoms with E-state index in [1.165, 1.54) is 11.3 Å². The first-order valence-electron chi connectivity index (χ1n) is 7.74. The summed E-state index contributed by atoms with van der Waals surface area (Å²) in [7, 11) is 1.59. The van der Waals surface area contributed by atoms with E-state index in [0.717, 1.165) is 11.1 Å². The lowest BCUT2D eigenvalue weighted by Crippen LogP contribution is -2.30. The molecule has 6 heteroatoms. The van der Waals surface area contributed by atoms with Crippen molar-refractivity contribution in [1.29, 1.82) is 0 Å². The van der Waals surface area contributed by atoms with Crippen molar-refractivity contribution in [2.45, 2.75) is 12.5 Å². The monoisotopic (exact) mass is 345 g/mol. The summed E-state index contributed by atoms with van der Waals surface area (Å²) in [5.41, 5.74) is 1.81. The van der Waals surface area contributed by atoms with Gasteiger partial charge in [-0.3, -0.25) is 9.59 Å². The first-order chi connectivity index (χ1) is 11.6. The number of hydrogen-bond donors (Lipinski definition) is 1. The van der Waals surface area contributed by atoms with Crippen LogP contribution in [-0.4, -0.2) is 42.1 Å². The number of thiophene rings is 1. The Morgan fingerprint density at radius 3 is 2.67 bits per heavy atom. The number of carboxylic acid groups (broad SMARTS) is 1. The molecule has 3 rings (SSSR count). The first-order valence-corrected chi connectivity index (χ1v) is 8.62. The summed E-state index contributed by atoms with van der Waals surface area (Å²) in [6, 6.07) is 11.4. The molecule has 0 saturated carbocycles. The zero-order chi connectivity index (χ0) is 17.1. The van der Waals surface area contributed by atoms with Crippen LogP contribution >= 0.6 is 11.3 Å². The molecule has 2 heterocycles. The zero-order valence-corrected chi connectivity index (χ0v) is 14.2. The summed E-state index contributed by atoms with van der Waals surface area (Å²) < 4.78 is 5.13. The maximum Gasteiger partial charge on any atom is 0.308 e. The van der Waals surface area contributed by atoms with E-state index < -0.39 is 11.9 Å². The predicted molar refractivity (Wildman–Crippen MR) is 91.2 cm³/mol. The molecule has 0 aliphatic carbocycles. The summed E-state index contributed by atoms with van der Waals surface area (Å²) in [6.45, 7) is 1.03. The van der Waals surface area contributed by atoms with Gasteiger partial charge >= 0.3 is 5.97 Å². The van der Waals surface area contributed by atoms with E-state index in [4.69, 9.17) is 4.74 Å². The summed E-state index contributed by atoms with van der Waals surface area (Å²) in [6.07, 6.45) is 0. The minimum atomic E-state index is -0.859. The molecule has 1 aromatic carbocycles. The van der Waals surface area contributed by atoms with E-state index in [1.807, 2.05) is 41.8 Å². The topological polar surface area (TPSA) is 66.8 Å². The molecule has 1 aliphatic rings. The molecule has 0 radical (unpaired) electrons. The molecule has 1 amide bonds. The molecule has 1 saturated heterocycles. The number of aliphatic carboxylic acids is 1. The summed E-state index contributed by atoms with van der Waals surface area (Å²) in [4.78, 5) is 26.8. The van der Waals surface area contributed by atoms with Gasteiger partial charge in [0, 0.05) is 31.7 Å². The van der Waals surface area contributed by atoms with Gasteiger partial charge in [0.25, 0.3) is 5.91 Å². The highest BCUT2D eigenvalue weighted by molar-refractivity contribution is 7.12. The maximum atomic E-state index is 12.8. The summed E-state index contributed by atoms with van der Waals surface area (Å²) in [5.74, 6) is -1.73. The molecule has 126 valence electrons. The molecule has 1 fully saturated rings. The highest BCUT2D eigenvalue weighted by Gasteiger charge is 2.41. The van der Waals surface area contributed by atoms with Crippen molar-refractivity contribution in [1.82, 2.24) is 4.90 Å². The van der Waals surface area contributed by atoms with Gasteiger partial charge in [-0.2, -0.15) is 0 Å². The highest BCUT2D eigenvalue weighted by Crippen LogP contribution is 2.34. The molecule has 0 unspecified atom stereocenters. The standard InChI is InChI=1S/C18H19NO4S/c1-23-11-13-7-8-24-16(13)17(20)19-9-14(15(10-19)18(21)22)12-5-3-2-4-6-12/h2-8,14-15H,9-11H2,1H3,(H,21,22)/t14-,15-/m0/s1. The van der Waals surface area contributed by atoms with Gasteiger partial charge in [0.05, 0.1) is 17.4 Å². The number of benzene rings is 1. The van der Waals surface area contributed by atoms with Crippen LogP contribution in [0.25, 0.3) is 0 Å². The average Bonchev–Trinajstić information content (AvgIpc) is 3.22. The van der Waals surface area contributed by atoms with Gasteiger partial charge < -0.3 is 14.7 Å². The number of amides is 1. The third-order valence-electron chi connectivity index (χ3n) is 4.39. The SMILES string of the molecule is COCc1ccsc1C(=O)N1C[C@H](C(=O)O)[C@H](c2ccccc2)C1. The Kier molecular flexibility index (Phi) is 4.97. The predicted octanol–water partition coefficient (Wildman–Crippen LogP) is 2.83. The third-order valence-corrected chi connectivity index (χ3v) is 5.34. The second kappa shape index (κ2) is 7.15. The second-order valence-electron chi connectivity index (χ2n) is 5.88. The molecule has 0 bridgehead atoms. The van der Waals surface area contributed by atoms with E-state index in [2.05, 4.69) is 0 Å². The normalized spacial score (nSPS) is 20.3. The Morgan fingerprint density at radius 1 is 1.25 bits per heavy atom. The molecule has 2 atom stereocenters. The van der Waals surface area contributed by atoms with Crippen molar-refractivity contribution < 1.29 is 19.4 Å². The minimum absolute atomic E-state index is 0.110. The summed E-state index contributed by atoms with van der Waals surface area (Å²) >= 11 is 1.37. The van der Waals surface area contributed by atoms with Crippen LogP contribution in [0.1, 0.15) is 26.7 Å². The van der Waals surface area contributed by atoms with Crippen molar-refractivity contribution in [2.24, 2.45) is 5.92 Å². The van der Waals surface area contributed by atoms with Gasteiger partial charge in [-0.15, -0.1) is 11.3 Å². The zero-order valence-electron chi connectivity index (χ0n) is 13.3. The van der Waals surface area contributed by atoms with Crippen molar-refractivity contribution in [3.05, 3.63) is 57.8 Å². The van der Waals surface area contributed by atoms with E-state index in [-0.39, 0.29) is 18.4 Å². The number of ether oxygens (including phenoxy) is 1. The molecular weight excluding hydrogens is 326 g/mol. The number of nitrogens with zero attached hydrogens (tertiary/aromatic N) is 1. The number of carbonyl (C=O) groups is 2. The lowest BCUT2D eigenvalue weighted by Gasteiger charge is -2.16. The second-order valence-corrected chi connectivity index (χ2v) is 6.80. The van der Waals surface area contributed by atoms with E-state index in [9.17, 15) is 14.7 Å². The van der Waals surface area contributed by atoms with Crippen LogP contribution in [0.2, 0.25) is 0 Å². The highest BCUT2D eigenvalue weighted by atomic mass is 32.1. The molecular formula is C18H19NO4S. The van der Waals surface area contributed by atoms with E-state index in [0.29, 0.717) is 18.0 Å². The van der Waals surface area contributed by atoms with Gasteiger partial charge in [0.2, 0.25) is 0 Å². The Labute approximate surface area is 144 Å². The van der Waals surface area contributed by atoms with Crippen molar-refractivity contribution in [3.63, 3.8) is 0 Å². The molecule has 2 aromatic rings. The Balaban J connectivity index is 1.84. The Hall–Kier alpha value is -2.18. The van der Waals surface area contributed by atoms with Crippen molar-refractivity contribution >= 4 is 23.2 Å². The number of rotatable bonds is 5. The van der Waals surface area contributed by atoms with Crippen LogP contribution in [-0.2, 0) is 16.1 Å². The van der Waals surface area contributed by atoms with Gasteiger partial charge in [-0.1, -0.05) is 30.3 Å². The van der Waals surface area contributed by atoms with Gasteiger partial charge in [-0.25, -0.2) is 0 Å². The molecule has 5 nitrogen and oxygen atoms in total. The van der Waals surface area contributed by atoms with Crippen molar-refractivity contribution in [2.75, 3.05) is 20.2 Å². The lowest BCUT2D eigenvalue weighted by atomic mass is 9.89. The lowest BCUT2D eigenvalue weighted by molar-refractivity contribution is -0.141. The quantitative estimate of drug-likeness (QED) is 0.905. The minimum Gasteiger partial charge on any atom is -0.481 e. The van der Waals surface area contributed by atoms with E-state index in [1.54, 1.807) is 12.0 Å². The smallest absolute Gasteiger partial charge is 0.308 e. The third kappa shape index (κ3) is 3.20. The number of methoxy groups -OCH3 is 1. The largest absolute Gasteiger partial charge is 0.481 e. The first kappa shape index (κ1) is 16.7. The van der Waals surface area contributed by atoms with Crippen LogP contribution in [0.3, 0.4) is 0 Å². The number of likely N-dealkylation sites (tertiary alicyclic amines) is 1. The fraction of sp³-hybridized carbons (Fsp3) is 0.333. The molecule has 1 aliphatic heterocycles. The Morgan fingerprint density at radius 2 is 2.00 bits per heavy atom. The van der Waals surface area contributed by atoms with Gasteiger partial charge in [0.1, 0.15) is 0 Å². The molecule has 1 N–H and O–H groups in total. The van der Waals surface area contributed by atoms with Crippen LogP contribution in [0, 0.1) is 5.92 Å². The fourth-order valence-electron chi connectivity index (χ4n) is 3.19. The van der Waals surface area contributed by atoms with Crippen LogP contribution in [0.15, 0.2) is 41.8 Å². The van der Waals surface area contributed by atoms with Gasteiger partial charge in [-0.05, 0) is 17.0 Å². The number of hydrogen-bond acceptors (Lipinski definition) is 4. The number of carbonyl (C=O) groups excluding carboxylic acids is 1. The van der Waals surface area contributed by atoms with Crippen LogP contribution in [0.5, 0.6) is 0 Å². The van der Waals surface area contributed by atoms with Crippen LogP contribution in [0.4, 0.5) is 0 Å². The molecule has 24 heavy (non-hydrogen) atoms. The molecule has 1 aromatic heterocycles. The maximum absolute atomic E-state index is 12.8.